The van der Waals surface area contributed by atoms with Gasteiger partial charge in [0, 0.05) is 12.6 Å². The number of rotatable bonds is 6. The van der Waals surface area contributed by atoms with Crippen LogP contribution in [0, 0.1) is 11.8 Å². The van der Waals surface area contributed by atoms with Crippen molar-refractivity contribution >= 4 is 5.91 Å². The molecule has 1 amide bonds. The Morgan fingerprint density at radius 2 is 1.81 bits per heavy atom. The molecular weight excluding hydrogens is 200 g/mol. The topological polar surface area (TPSA) is 46.3 Å². The van der Waals surface area contributed by atoms with Crippen LogP contribution in [0.15, 0.2) is 0 Å². The summed E-state index contributed by atoms with van der Waals surface area (Å²) in [5, 5.41) is 0. The van der Waals surface area contributed by atoms with Gasteiger partial charge in [0.2, 0.25) is 5.91 Å². The second-order valence-electron chi connectivity index (χ2n) is 5.85. The van der Waals surface area contributed by atoms with Crippen LogP contribution in [0.2, 0.25) is 0 Å². The molecule has 3 heteroatoms. The quantitative estimate of drug-likeness (QED) is 0.753. The molecule has 0 radical (unpaired) electrons. The van der Waals surface area contributed by atoms with Crippen LogP contribution < -0.4 is 5.73 Å². The highest BCUT2D eigenvalue weighted by molar-refractivity contribution is 5.82. The number of amides is 1. The fourth-order valence-electron chi connectivity index (χ4n) is 2.02. The van der Waals surface area contributed by atoms with E-state index in [1.165, 1.54) is 0 Å². The molecule has 0 saturated heterocycles. The van der Waals surface area contributed by atoms with Crippen molar-refractivity contribution in [2.75, 3.05) is 6.54 Å². The highest BCUT2D eigenvalue weighted by Crippen LogP contribution is 2.28. The largest absolute Gasteiger partial charge is 0.338 e. The molecule has 0 aromatic carbocycles. The van der Waals surface area contributed by atoms with E-state index in [9.17, 15) is 4.79 Å². The summed E-state index contributed by atoms with van der Waals surface area (Å²) in [4.78, 5) is 14.2. The van der Waals surface area contributed by atoms with Gasteiger partial charge in [0.05, 0.1) is 6.04 Å². The average molecular weight is 226 g/mol. The van der Waals surface area contributed by atoms with Crippen molar-refractivity contribution in [3.8, 4) is 0 Å². The Bertz CT molecular complexity index is 234. The molecule has 1 unspecified atom stereocenters. The molecule has 0 bridgehead atoms. The van der Waals surface area contributed by atoms with E-state index in [-0.39, 0.29) is 11.9 Å². The van der Waals surface area contributed by atoms with Gasteiger partial charge in [-0.05, 0) is 31.1 Å². The van der Waals surface area contributed by atoms with Crippen LogP contribution in [0.25, 0.3) is 0 Å². The summed E-state index contributed by atoms with van der Waals surface area (Å²) in [6.07, 6.45) is 3.11. The molecule has 1 fully saturated rings. The highest BCUT2D eigenvalue weighted by atomic mass is 16.2. The summed E-state index contributed by atoms with van der Waals surface area (Å²) in [7, 11) is 0. The van der Waals surface area contributed by atoms with Crippen molar-refractivity contribution in [2.45, 2.75) is 59.0 Å². The molecule has 0 spiro atoms. The molecule has 1 saturated carbocycles. The van der Waals surface area contributed by atoms with Crippen LogP contribution in [0.3, 0.4) is 0 Å². The van der Waals surface area contributed by atoms with Crippen molar-refractivity contribution in [1.82, 2.24) is 4.90 Å². The number of nitrogens with two attached hydrogens (primary N) is 1. The first-order chi connectivity index (χ1) is 7.41. The summed E-state index contributed by atoms with van der Waals surface area (Å²) in [6, 6.07) is 0.174. The van der Waals surface area contributed by atoms with Gasteiger partial charge in [-0.15, -0.1) is 0 Å². The number of nitrogens with zero attached hydrogens (tertiary/aromatic N) is 1. The second-order valence-corrected chi connectivity index (χ2v) is 5.85. The van der Waals surface area contributed by atoms with Crippen LogP contribution in [-0.4, -0.2) is 29.4 Å². The standard InChI is InChI=1S/C13H26N2O/c1-9(2)7-12(14)13(16)15(8-10(3)4)11-5-6-11/h9-12H,5-8,14H2,1-4H3. The first-order valence-electron chi connectivity index (χ1n) is 6.47. The van der Waals surface area contributed by atoms with Gasteiger partial charge in [-0.25, -0.2) is 0 Å². The first-order valence-corrected chi connectivity index (χ1v) is 6.47. The van der Waals surface area contributed by atoms with Crippen LogP contribution in [0.4, 0.5) is 0 Å². The van der Waals surface area contributed by atoms with Crippen LogP contribution in [0.1, 0.15) is 47.0 Å². The van der Waals surface area contributed by atoms with Gasteiger partial charge in [0.25, 0.3) is 0 Å². The third-order valence-electron chi connectivity index (χ3n) is 2.88. The second kappa shape index (κ2) is 5.67. The van der Waals surface area contributed by atoms with E-state index in [0.29, 0.717) is 17.9 Å². The van der Waals surface area contributed by atoms with E-state index in [1.807, 2.05) is 4.90 Å². The lowest BCUT2D eigenvalue weighted by molar-refractivity contribution is -0.134. The molecule has 3 nitrogen and oxygen atoms in total. The predicted molar refractivity (Wildman–Crippen MR) is 67.0 cm³/mol. The molecule has 0 aliphatic heterocycles. The third-order valence-corrected chi connectivity index (χ3v) is 2.88. The first kappa shape index (κ1) is 13.5. The minimum Gasteiger partial charge on any atom is -0.338 e. The molecule has 1 rings (SSSR count). The molecule has 0 heterocycles. The highest BCUT2D eigenvalue weighted by Gasteiger charge is 2.34. The zero-order valence-corrected chi connectivity index (χ0v) is 11.1. The molecule has 1 aliphatic rings. The lowest BCUT2D eigenvalue weighted by Gasteiger charge is -2.28. The summed E-state index contributed by atoms with van der Waals surface area (Å²) in [5.74, 6) is 1.17. The van der Waals surface area contributed by atoms with E-state index in [4.69, 9.17) is 5.73 Å². The number of hydrogen-bond acceptors (Lipinski definition) is 2. The Hall–Kier alpha value is -0.570. The van der Waals surface area contributed by atoms with E-state index < -0.39 is 0 Å². The lowest BCUT2D eigenvalue weighted by Crippen LogP contribution is -2.46. The van der Waals surface area contributed by atoms with Gasteiger partial charge < -0.3 is 10.6 Å². The van der Waals surface area contributed by atoms with Gasteiger partial charge in [-0.1, -0.05) is 27.7 Å². The van der Waals surface area contributed by atoms with Crippen molar-refractivity contribution in [3.63, 3.8) is 0 Å². The zero-order valence-electron chi connectivity index (χ0n) is 11.1. The van der Waals surface area contributed by atoms with Crippen LogP contribution in [0.5, 0.6) is 0 Å². The Morgan fingerprint density at radius 1 is 1.25 bits per heavy atom. The minimum absolute atomic E-state index is 0.157. The number of hydrogen-bond donors (Lipinski definition) is 1. The Balaban J connectivity index is 2.52. The summed E-state index contributed by atoms with van der Waals surface area (Å²) in [6.45, 7) is 9.37. The minimum atomic E-state index is -0.306. The zero-order chi connectivity index (χ0) is 12.3. The SMILES string of the molecule is CC(C)CC(N)C(=O)N(CC(C)C)C1CC1. The number of carbonyl (C=O) groups is 1. The van der Waals surface area contributed by atoms with Gasteiger partial charge >= 0.3 is 0 Å². The Kier molecular flexibility index (Phi) is 4.78. The van der Waals surface area contributed by atoms with E-state index in [2.05, 4.69) is 27.7 Å². The molecule has 0 aromatic rings. The van der Waals surface area contributed by atoms with Gasteiger partial charge in [-0.2, -0.15) is 0 Å². The van der Waals surface area contributed by atoms with Crippen LogP contribution in [-0.2, 0) is 4.79 Å². The predicted octanol–water partition coefficient (Wildman–Crippen LogP) is 2.01. The third kappa shape index (κ3) is 4.12. The summed E-state index contributed by atoms with van der Waals surface area (Å²) in [5.41, 5.74) is 5.97. The van der Waals surface area contributed by atoms with Gasteiger partial charge in [0.1, 0.15) is 0 Å². The molecular formula is C13H26N2O. The Morgan fingerprint density at radius 3 is 2.19 bits per heavy atom. The normalized spacial score (nSPS) is 17.9. The maximum Gasteiger partial charge on any atom is 0.239 e. The lowest BCUT2D eigenvalue weighted by atomic mass is 10.0. The van der Waals surface area contributed by atoms with Crippen molar-refractivity contribution in [3.05, 3.63) is 0 Å². The molecule has 0 aromatic heterocycles. The summed E-state index contributed by atoms with van der Waals surface area (Å²) < 4.78 is 0. The molecule has 2 N–H and O–H groups in total. The molecule has 1 aliphatic carbocycles. The maximum absolute atomic E-state index is 12.2. The van der Waals surface area contributed by atoms with Crippen LogP contribution >= 0.6 is 0 Å². The van der Waals surface area contributed by atoms with Crippen molar-refractivity contribution in [2.24, 2.45) is 17.6 Å². The number of carbonyl (C=O) groups excluding carboxylic acids is 1. The van der Waals surface area contributed by atoms with Gasteiger partial charge in [-0.3, -0.25) is 4.79 Å². The van der Waals surface area contributed by atoms with E-state index >= 15 is 0 Å². The monoisotopic (exact) mass is 226 g/mol. The maximum atomic E-state index is 12.2. The molecule has 16 heavy (non-hydrogen) atoms. The fraction of sp³-hybridized carbons (Fsp3) is 0.923. The van der Waals surface area contributed by atoms with Crippen molar-refractivity contribution in [1.29, 1.82) is 0 Å². The Labute approximate surface area is 99.4 Å². The van der Waals surface area contributed by atoms with E-state index in [0.717, 1.165) is 25.8 Å². The summed E-state index contributed by atoms with van der Waals surface area (Å²) >= 11 is 0. The fourth-order valence-corrected chi connectivity index (χ4v) is 2.02. The smallest absolute Gasteiger partial charge is 0.239 e. The average Bonchev–Trinajstić information content (AvgIpc) is 2.94. The van der Waals surface area contributed by atoms with E-state index in [1.54, 1.807) is 0 Å². The molecule has 94 valence electrons. The van der Waals surface area contributed by atoms with Crippen molar-refractivity contribution < 1.29 is 4.79 Å². The van der Waals surface area contributed by atoms with Gasteiger partial charge in [0.15, 0.2) is 0 Å². The molecule has 1 atom stereocenters.